The Balaban J connectivity index is -0.000000405. The number of hydrogen-bond acceptors (Lipinski definition) is 6. The third-order valence-electron chi connectivity index (χ3n) is 0.200. The van der Waals surface area contributed by atoms with Crippen LogP contribution in [0.3, 0.4) is 0 Å². The molecular weight excluding hydrogens is 263 g/mol. The van der Waals surface area contributed by atoms with Gasteiger partial charge in [-0.25, -0.2) is 0 Å². The monoisotopic (exact) mass is 267 g/mol. The molecule has 0 aromatic carbocycles. The number of rotatable bonds is 3. The molecule has 0 aliphatic carbocycles. The van der Waals surface area contributed by atoms with Crippen molar-refractivity contribution in [3.8, 4) is 0 Å². The molecule has 0 heterocycles. The van der Waals surface area contributed by atoms with Crippen molar-refractivity contribution in [1.82, 2.24) is 0 Å². The predicted octanol–water partition coefficient (Wildman–Crippen LogP) is -1.23. The second-order valence-electron chi connectivity index (χ2n) is 0.992. The quantitative estimate of drug-likeness (QED) is 0.368. The largest absolute Gasteiger partial charge is 0.412 e. The van der Waals surface area contributed by atoms with Crippen LogP contribution in [0, 0.1) is 0 Å². The van der Waals surface area contributed by atoms with E-state index < -0.39 is 18.3 Å². The van der Waals surface area contributed by atoms with Gasteiger partial charge >= 0.3 is 18.3 Å². The fraction of sp³-hybridized carbons (Fsp3) is 0. The van der Waals surface area contributed by atoms with E-state index in [-0.39, 0.29) is 54.7 Å². The summed E-state index contributed by atoms with van der Waals surface area (Å²) in [6.07, 6.45) is 0. The molecule has 0 amide bonds. The molecule has 0 aromatic heterocycles. The molecule has 0 aliphatic rings. The Morgan fingerprint density at radius 2 is 1.00 bits per heavy atom. The molecule has 0 bridgehead atoms. The molecule has 0 atom stereocenters. The first kappa shape index (κ1) is 19.1. The van der Waals surface area contributed by atoms with Crippen molar-refractivity contribution in [3.63, 3.8) is 0 Å². The third-order valence-corrected chi connectivity index (χ3v) is 6.89. The van der Waals surface area contributed by atoms with Crippen molar-refractivity contribution in [2.45, 2.75) is 0 Å². The molecule has 12 heavy (non-hydrogen) atoms. The van der Waals surface area contributed by atoms with Gasteiger partial charge in [0.2, 0.25) is 0 Å². The fourth-order valence-corrected chi connectivity index (χ4v) is 5.69. The van der Waals surface area contributed by atoms with Gasteiger partial charge < -0.3 is 5.48 Å². The Labute approximate surface area is 98.0 Å². The summed E-state index contributed by atoms with van der Waals surface area (Å²) >= 11 is 0. The summed E-state index contributed by atoms with van der Waals surface area (Å²) in [5, 5.41) is 0. The Hall–Kier alpha value is 1.48. The standard InChI is InChI=1S/Na.H2O6S4.H2O/c;1-9(2,3)7-8-10(4,5)6;/h;(H,1,2,3)(H,4,5,6);1H2. The zero-order chi connectivity index (χ0) is 8.41. The zero-order valence-electron chi connectivity index (χ0n) is 5.66. The Kier molecular flexibility index (Phi) is 10.9. The summed E-state index contributed by atoms with van der Waals surface area (Å²) in [6, 6.07) is 0. The molecule has 71 valence electrons. The van der Waals surface area contributed by atoms with E-state index in [1.54, 1.807) is 0 Å². The second-order valence-corrected chi connectivity index (χ2v) is 8.77. The van der Waals surface area contributed by atoms with Gasteiger partial charge in [-0.3, -0.25) is 9.11 Å². The Bertz CT molecular complexity index is 251. The van der Waals surface area contributed by atoms with E-state index in [2.05, 4.69) is 0 Å². The molecule has 0 rings (SSSR count). The maximum absolute atomic E-state index is 9.80. The smallest absolute Gasteiger partial charge is 0.330 e. The second kappa shape index (κ2) is 6.86. The third kappa shape index (κ3) is 17.5. The average molecular weight is 267 g/mol. The molecule has 4 N–H and O–H groups in total. The van der Waals surface area contributed by atoms with Gasteiger partial charge in [0.15, 0.2) is 0 Å². The van der Waals surface area contributed by atoms with Crippen LogP contribution < -0.4 is 0 Å². The minimum atomic E-state index is -4.42. The first-order valence-electron chi connectivity index (χ1n) is 1.53. The zero-order valence-corrected chi connectivity index (χ0v) is 10.9. The van der Waals surface area contributed by atoms with Crippen LogP contribution in [-0.4, -0.2) is 61.0 Å². The van der Waals surface area contributed by atoms with Crippen molar-refractivity contribution >= 4 is 67.5 Å². The van der Waals surface area contributed by atoms with Crippen molar-refractivity contribution in [2.24, 2.45) is 0 Å². The predicted molar refractivity (Wildman–Crippen MR) is 47.6 cm³/mol. The SMILES string of the molecule is O.O=S(=O)(O)SSS(=O)(=O)O.[Na]. The molecule has 1 radical (unpaired) electrons. The van der Waals surface area contributed by atoms with Crippen LogP contribution >= 0.6 is 19.7 Å². The van der Waals surface area contributed by atoms with Crippen LogP contribution in [0.1, 0.15) is 0 Å². The van der Waals surface area contributed by atoms with Crippen LogP contribution in [0.4, 0.5) is 0 Å². The summed E-state index contributed by atoms with van der Waals surface area (Å²) in [5.74, 6) is 0. The molecule has 7 nitrogen and oxygen atoms in total. The van der Waals surface area contributed by atoms with Gasteiger partial charge in [-0.15, -0.1) is 0 Å². The van der Waals surface area contributed by atoms with Crippen molar-refractivity contribution < 1.29 is 31.4 Å². The summed E-state index contributed by atoms with van der Waals surface area (Å²) in [5.41, 5.74) is 0. The van der Waals surface area contributed by atoms with Gasteiger partial charge in [0, 0.05) is 29.6 Å². The van der Waals surface area contributed by atoms with Gasteiger partial charge in [0.05, 0.1) is 19.7 Å². The Morgan fingerprint density at radius 3 is 1.08 bits per heavy atom. The minimum absolute atomic E-state index is 0. The van der Waals surface area contributed by atoms with E-state index in [1.165, 1.54) is 0 Å². The van der Waals surface area contributed by atoms with Crippen LogP contribution in [0.25, 0.3) is 0 Å². The van der Waals surface area contributed by atoms with Gasteiger partial charge in [-0.2, -0.15) is 16.8 Å². The van der Waals surface area contributed by atoms with Crippen LogP contribution in [0.5, 0.6) is 0 Å². The van der Waals surface area contributed by atoms with Crippen molar-refractivity contribution in [2.75, 3.05) is 0 Å². The molecule has 0 spiro atoms. The van der Waals surface area contributed by atoms with Crippen LogP contribution in [-0.2, 0) is 18.3 Å². The van der Waals surface area contributed by atoms with E-state index >= 15 is 0 Å². The summed E-state index contributed by atoms with van der Waals surface area (Å²) < 4.78 is 55.0. The minimum Gasteiger partial charge on any atom is -0.412 e. The maximum atomic E-state index is 9.80. The van der Waals surface area contributed by atoms with Gasteiger partial charge in [0.1, 0.15) is 0 Å². The maximum Gasteiger partial charge on any atom is 0.330 e. The fourth-order valence-electron chi connectivity index (χ4n) is 0.0702. The van der Waals surface area contributed by atoms with Crippen LogP contribution in [0.2, 0.25) is 0 Å². The molecule has 0 saturated heterocycles. The molecular formula is H4NaO7S4. The van der Waals surface area contributed by atoms with Gasteiger partial charge in [-0.05, 0) is 0 Å². The van der Waals surface area contributed by atoms with E-state index in [1.807, 2.05) is 0 Å². The van der Waals surface area contributed by atoms with Crippen molar-refractivity contribution in [1.29, 1.82) is 0 Å². The summed E-state index contributed by atoms with van der Waals surface area (Å²) in [4.78, 5) is 0. The molecule has 0 aliphatic heterocycles. The summed E-state index contributed by atoms with van der Waals surface area (Å²) in [7, 11) is -9.54. The van der Waals surface area contributed by atoms with E-state index in [0.717, 1.165) is 0 Å². The Morgan fingerprint density at radius 1 is 0.833 bits per heavy atom. The molecule has 0 saturated carbocycles. The molecule has 0 unspecified atom stereocenters. The normalized spacial score (nSPS) is 11.2. The van der Waals surface area contributed by atoms with E-state index in [4.69, 9.17) is 9.11 Å². The van der Waals surface area contributed by atoms with E-state index in [9.17, 15) is 16.8 Å². The van der Waals surface area contributed by atoms with Gasteiger partial charge in [0.25, 0.3) is 0 Å². The van der Waals surface area contributed by atoms with Crippen LogP contribution in [0.15, 0.2) is 0 Å². The van der Waals surface area contributed by atoms with Crippen molar-refractivity contribution in [3.05, 3.63) is 0 Å². The first-order chi connectivity index (χ1) is 4.21. The summed E-state index contributed by atoms with van der Waals surface area (Å²) in [6.45, 7) is 0. The number of hydrogen-bond donors (Lipinski definition) is 2. The van der Waals surface area contributed by atoms with Gasteiger partial charge in [-0.1, -0.05) is 0 Å². The van der Waals surface area contributed by atoms with E-state index in [0.29, 0.717) is 0 Å². The molecule has 12 heteroatoms. The molecule has 0 aromatic rings. The first-order valence-corrected chi connectivity index (χ1v) is 7.60. The topological polar surface area (TPSA) is 140 Å². The molecule has 0 fully saturated rings. The average Bonchev–Trinajstić information content (AvgIpc) is 1.57.